The number of carbonyl (C=O) groups excluding carboxylic acids is 1. The first-order chi connectivity index (χ1) is 8.67. The molecule has 106 valence electrons. The first-order valence-corrected chi connectivity index (χ1v) is 6.92. The third-order valence-corrected chi connectivity index (χ3v) is 3.84. The Morgan fingerprint density at radius 2 is 1.89 bits per heavy atom. The maximum Gasteiger partial charge on any atom is 0.267 e. The summed E-state index contributed by atoms with van der Waals surface area (Å²) in [5.74, 6) is -0.0600. The number of amides is 1. The van der Waals surface area contributed by atoms with Gasteiger partial charge in [0.2, 0.25) is 0 Å². The zero-order chi connectivity index (χ0) is 14.3. The van der Waals surface area contributed by atoms with Gasteiger partial charge in [-0.3, -0.25) is 4.79 Å². The maximum atomic E-state index is 12.2. The quantitative estimate of drug-likeness (QED) is 0.767. The van der Waals surface area contributed by atoms with Crippen LogP contribution in [0.15, 0.2) is 12.3 Å². The predicted octanol–water partition coefficient (Wildman–Crippen LogP) is 2.93. The number of aromatic nitrogens is 1. The zero-order valence-corrected chi connectivity index (χ0v) is 12.3. The standard InChI is InChI=1S/C15H25N3O/c1-14(2)6-11(7-15(3,4)9-14)18-13(19)12-5-10(16)8-17-12/h5,8,11,17H,6-7,9,16H2,1-4H3,(H,18,19). The van der Waals surface area contributed by atoms with Crippen LogP contribution < -0.4 is 11.1 Å². The number of nitrogens with one attached hydrogen (secondary N) is 2. The van der Waals surface area contributed by atoms with Gasteiger partial charge < -0.3 is 16.0 Å². The molecule has 1 aromatic rings. The van der Waals surface area contributed by atoms with Crippen molar-refractivity contribution < 1.29 is 4.79 Å². The van der Waals surface area contributed by atoms with E-state index in [4.69, 9.17) is 5.73 Å². The first-order valence-electron chi connectivity index (χ1n) is 6.92. The topological polar surface area (TPSA) is 70.9 Å². The first kappa shape index (κ1) is 14.0. The third kappa shape index (κ3) is 3.52. The molecule has 1 heterocycles. The van der Waals surface area contributed by atoms with Crippen molar-refractivity contribution in [2.45, 2.75) is 53.0 Å². The van der Waals surface area contributed by atoms with Crippen molar-refractivity contribution in [3.8, 4) is 0 Å². The summed E-state index contributed by atoms with van der Waals surface area (Å²) in [5, 5.41) is 3.13. The van der Waals surface area contributed by atoms with E-state index in [0.29, 0.717) is 11.4 Å². The lowest BCUT2D eigenvalue weighted by atomic mass is 9.63. The van der Waals surface area contributed by atoms with E-state index >= 15 is 0 Å². The van der Waals surface area contributed by atoms with Crippen molar-refractivity contribution in [1.82, 2.24) is 10.3 Å². The van der Waals surface area contributed by atoms with E-state index in [2.05, 4.69) is 38.0 Å². The van der Waals surface area contributed by atoms with Gasteiger partial charge in [-0.2, -0.15) is 0 Å². The van der Waals surface area contributed by atoms with Crippen molar-refractivity contribution >= 4 is 11.6 Å². The molecule has 2 rings (SSSR count). The summed E-state index contributed by atoms with van der Waals surface area (Å²) in [6, 6.07) is 1.91. The summed E-state index contributed by atoms with van der Waals surface area (Å²) in [6.45, 7) is 9.11. The number of carbonyl (C=O) groups is 1. The summed E-state index contributed by atoms with van der Waals surface area (Å²) in [5.41, 5.74) is 7.30. The van der Waals surface area contributed by atoms with Crippen LogP contribution in [0.5, 0.6) is 0 Å². The van der Waals surface area contributed by atoms with Crippen LogP contribution in [-0.2, 0) is 0 Å². The van der Waals surface area contributed by atoms with Crippen LogP contribution in [0.1, 0.15) is 57.4 Å². The Balaban J connectivity index is 2.04. The molecule has 0 bridgehead atoms. The molecule has 0 radical (unpaired) electrons. The van der Waals surface area contributed by atoms with Crippen LogP contribution in [0.2, 0.25) is 0 Å². The SMILES string of the molecule is CC1(C)CC(NC(=O)c2cc(N)c[nH]2)CC(C)(C)C1. The fourth-order valence-corrected chi connectivity index (χ4v) is 3.75. The second kappa shape index (κ2) is 4.58. The van der Waals surface area contributed by atoms with Gasteiger partial charge in [-0.1, -0.05) is 27.7 Å². The minimum absolute atomic E-state index is 0.0600. The van der Waals surface area contributed by atoms with E-state index in [1.807, 2.05) is 0 Å². The van der Waals surface area contributed by atoms with Gasteiger partial charge in [0.1, 0.15) is 5.69 Å². The van der Waals surface area contributed by atoms with Crippen LogP contribution in [0.4, 0.5) is 5.69 Å². The molecule has 1 aliphatic carbocycles. The monoisotopic (exact) mass is 263 g/mol. The number of aromatic amines is 1. The molecule has 1 fully saturated rings. The Bertz CT molecular complexity index is 457. The van der Waals surface area contributed by atoms with E-state index in [1.54, 1.807) is 12.3 Å². The summed E-state index contributed by atoms with van der Waals surface area (Å²) in [6.07, 6.45) is 4.89. The van der Waals surface area contributed by atoms with Crippen LogP contribution in [-0.4, -0.2) is 16.9 Å². The Kier molecular flexibility index (Phi) is 3.37. The van der Waals surface area contributed by atoms with Crippen molar-refractivity contribution in [2.24, 2.45) is 10.8 Å². The number of nitrogens with two attached hydrogens (primary N) is 1. The van der Waals surface area contributed by atoms with Gasteiger partial charge in [0.05, 0.1) is 0 Å². The fraction of sp³-hybridized carbons (Fsp3) is 0.667. The van der Waals surface area contributed by atoms with E-state index in [0.717, 1.165) is 12.8 Å². The minimum atomic E-state index is -0.0600. The molecule has 4 N–H and O–H groups in total. The van der Waals surface area contributed by atoms with Crippen LogP contribution >= 0.6 is 0 Å². The lowest BCUT2D eigenvalue weighted by molar-refractivity contribution is 0.0711. The average Bonchev–Trinajstić information content (AvgIpc) is 2.59. The van der Waals surface area contributed by atoms with Gasteiger partial charge >= 0.3 is 0 Å². The summed E-state index contributed by atoms with van der Waals surface area (Å²) < 4.78 is 0. The molecule has 0 unspecified atom stereocenters. The highest BCUT2D eigenvalue weighted by molar-refractivity contribution is 5.93. The summed E-state index contributed by atoms with van der Waals surface area (Å²) >= 11 is 0. The zero-order valence-electron chi connectivity index (χ0n) is 12.3. The van der Waals surface area contributed by atoms with Gasteiger partial charge in [0, 0.05) is 17.9 Å². The molecule has 0 saturated heterocycles. The summed E-state index contributed by atoms with van der Waals surface area (Å²) in [7, 11) is 0. The molecule has 1 aromatic heterocycles. The van der Waals surface area contributed by atoms with Crippen molar-refractivity contribution in [3.05, 3.63) is 18.0 Å². The highest BCUT2D eigenvalue weighted by Gasteiger charge is 2.38. The largest absolute Gasteiger partial charge is 0.397 e. The predicted molar refractivity (Wildman–Crippen MR) is 77.9 cm³/mol. The highest BCUT2D eigenvalue weighted by atomic mass is 16.1. The number of anilines is 1. The molecular formula is C15H25N3O. The van der Waals surface area contributed by atoms with Crippen LogP contribution in [0.25, 0.3) is 0 Å². The Morgan fingerprint density at radius 3 is 2.37 bits per heavy atom. The Labute approximate surface area is 115 Å². The van der Waals surface area contributed by atoms with E-state index in [1.165, 1.54) is 6.42 Å². The molecule has 0 aliphatic heterocycles. The lowest BCUT2D eigenvalue weighted by Gasteiger charge is -2.45. The lowest BCUT2D eigenvalue weighted by Crippen LogP contribution is -2.46. The van der Waals surface area contributed by atoms with Crippen molar-refractivity contribution in [1.29, 1.82) is 0 Å². The molecule has 1 aliphatic rings. The number of rotatable bonds is 2. The molecule has 0 atom stereocenters. The second-order valence-corrected chi connectivity index (χ2v) is 7.43. The molecular weight excluding hydrogens is 238 g/mol. The number of H-pyrrole nitrogens is 1. The summed E-state index contributed by atoms with van der Waals surface area (Å²) in [4.78, 5) is 15.0. The number of hydrogen-bond acceptors (Lipinski definition) is 2. The number of hydrogen-bond donors (Lipinski definition) is 3. The molecule has 19 heavy (non-hydrogen) atoms. The smallest absolute Gasteiger partial charge is 0.267 e. The van der Waals surface area contributed by atoms with E-state index in [9.17, 15) is 4.79 Å². The van der Waals surface area contributed by atoms with Crippen molar-refractivity contribution in [3.63, 3.8) is 0 Å². The van der Waals surface area contributed by atoms with Gasteiger partial charge in [-0.15, -0.1) is 0 Å². The third-order valence-electron chi connectivity index (χ3n) is 3.84. The van der Waals surface area contributed by atoms with E-state index < -0.39 is 0 Å². The normalized spacial score (nSPS) is 22.1. The second-order valence-electron chi connectivity index (χ2n) is 7.43. The molecule has 1 saturated carbocycles. The van der Waals surface area contributed by atoms with Crippen molar-refractivity contribution in [2.75, 3.05) is 5.73 Å². The molecule has 1 amide bonds. The van der Waals surface area contributed by atoms with Gasteiger partial charge in [-0.25, -0.2) is 0 Å². The Hall–Kier alpha value is -1.45. The molecule has 0 spiro atoms. The molecule has 0 aromatic carbocycles. The van der Waals surface area contributed by atoms with E-state index in [-0.39, 0.29) is 22.8 Å². The maximum absolute atomic E-state index is 12.2. The highest BCUT2D eigenvalue weighted by Crippen LogP contribution is 2.45. The van der Waals surface area contributed by atoms with Gasteiger partial charge in [0.15, 0.2) is 0 Å². The number of nitrogen functional groups attached to an aromatic ring is 1. The van der Waals surface area contributed by atoms with Crippen LogP contribution in [0, 0.1) is 10.8 Å². The Morgan fingerprint density at radius 1 is 1.32 bits per heavy atom. The van der Waals surface area contributed by atoms with Gasteiger partial charge in [0.25, 0.3) is 5.91 Å². The van der Waals surface area contributed by atoms with Gasteiger partial charge in [-0.05, 0) is 36.2 Å². The fourth-order valence-electron chi connectivity index (χ4n) is 3.75. The molecule has 4 nitrogen and oxygen atoms in total. The van der Waals surface area contributed by atoms with Crippen LogP contribution in [0.3, 0.4) is 0 Å². The molecule has 4 heteroatoms. The average molecular weight is 263 g/mol. The minimum Gasteiger partial charge on any atom is -0.397 e.